The molecule has 1 N–H and O–H groups in total. The van der Waals surface area contributed by atoms with E-state index in [4.69, 9.17) is 4.74 Å². The van der Waals surface area contributed by atoms with E-state index in [-0.39, 0.29) is 17.4 Å². The molecule has 0 bridgehead atoms. The van der Waals surface area contributed by atoms with Gasteiger partial charge in [0.05, 0.1) is 17.9 Å². The molecule has 3 aliphatic heterocycles. The second-order valence-electron chi connectivity index (χ2n) is 10.8. The first kappa shape index (κ1) is 23.7. The average Bonchev–Trinajstić information content (AvgIpc) is 3.61. The summed E-state index contributed by atoms with van der Waals surface area (Å²) >= 11 is 0. The molecule has 194 valence electrons. The number of anilines is 2. The number of hydrogen-bond acceptors (Lipinski definition) is 7. The molecular weight excluding hydrogens is 470 g/mol. The second kappa shape index (κ2) is 9.33. The summed E-state index contributed by atoms with van der Waals surface area (Å²) in [7, 11) is 0. The molecule has 0 aliphatic carbocycles. The molecule has 5 heterocycles. The molecule has 0 saturated carbocycles. The van der Waals surface area contributed by atoms with Crippen molar-refractivity contribution in [2.75, 3.05) is 56.0 Å². The largest absolute Gasteiger partial charge is 0.487 e. The lowest BCUT2D eigenvalue weighted by Gasteiger charge is -2.37. The van der Waals surface area contributed by atoms with Gasteiger partial charge in [0.25, 0.3) is 5.91 Å². The number of aromatic nitrogens is 3. The van der Waals surface area contributed by atoms with E-state index in [1.54, 1.807) is 29.0 Å². The summed E-state index contributed by atoms with van der Waals surface area (Å²) in [5.41, 5.74) is 3.40. The quantitative estimate of drug-likeness (QED) is 0.571. The molecular formula is C27H33N7O3. The van der Waals surface area contributed by atoms with Crippen molar-refractivity contribution in [2.45, 2.75) is 38.7 Å². The van der Waals surface area contributed by atoms with Gasteiger partial charge in [-0.25, -0.2) is 9.50 Å². The lowest BCUT2D eigenvalue weighted by atomic mass is 10.0. The Kier molecular flexibility index (Phi) is 5.98. The maximum Gasteiger partial charge on any atom is 0.276 e. The molecule has 10 nitrogen and oxygen atoms in total. The Labute approximate surface area is 216 Å². The third kappa shape index (κ3) is 4.85. The predicted molar refractivity (Wildman–Crippen MR) is 140 cm³/mol. The highest BCUT2D eigenvalue weighted by atomic mass is 16.5. The fourth-order valence-electron chi connectivity index (χ4n) is 5.53. The van der Waals surface area contributed by atoms with Crippen LogP contribution in [0.5, 0.6) is 5.75 Å². The van der Waals surface area contributed by atoms with Gasteiger partial charge >= 0.3 is 0 Å². The van der Waals surface area contributed by atoms with Crippen molar-refractivity contribution >= 4 is 28.8 Å². The number of hydrogen-bond donors (Lipinski definition) is 1. The van der Waals surface area contributed by atoms with Crippen molar-refractivity contribution in [3.63, 3.8) is 0 Å². The minimum Gasteiger partial charge on any atom is -0.487 e. The molecule has 2 fully saturated rings. The van der Waals surface area contributed by atoms with E-state index in [1.165, 1.54) is 0 Å². The topological polar surface area (TPSA) is 95.3 Å². The number of carbonyl (C=O) groups excluding carboxylic acids is 2. The summed E-state index contributed by atoms with van der Waals surface area (Å²) < 4.78 is 7.81. The van der Waals surface area contributed by atoms with E-state index < -0.39 is 0 Å². The number of ether oxygens (including phenoxy) is 1. The predicted octanol–water partition coefficient (Wildman–Crippen LogP) is 2.44. The van der Waals surface area contributed by atoms with Gasteiger partial charge in [-0.1, -0.05) is 0 Å². The molecule has 0 spiro atoms. The van der Waals surface area contributed by atoms with Crippen LogP contribution < -0.4 is 15.0 Å². The molecule has 1 aromatic carbocycles. The lowest BCUT2D eigenvalue weighted by molar-refractivity contribution is -0.131. The number of carbonyl (C=O) groups is 2. The Hall–Kier alpha value is -3.66. The van der Waals surface area contributed by atoms with Crippen LogP contribution in [-0.4, -0.2) is 87.6 Å². The highest BCUT2D eigenvalue weighted by molar-refractivity contribution is 6.05. The lowest BCUT2D eigenvalue weighted by Crippen LogP contribution is -2.50. The van der Waals surface area contributed by atoms with Crippen LogP contribution in [0.15, 0.2) is 36.7 Å². The fourth-order valence-corrected chi connectivity index (χ4v) is 5.53. The third-order valence-electron chi connectivity index (χ3n) is 7.43. The fraction of sp³-hybridized carbons (Fsp3) is 0.481. The molecule has 3 aliphatic rings. The minimum atomic E-state index is -0.288. The van der Waals surface area contributed by atoms with Gasteiger partial charge in [0.2, 0.25) is 5.91 Å². The van der Waals surface area contributed by atoms with Gasteiger partial charge in [0.1, 0.15) is 11.4 Å². The first-order valence-electron chi connectivity index (χ1n) is 13.1. The minimum absolute atomic E-state index is 0.231. The number of nitrogens with one attached hydrogen (secondary N) is 1. The van der Waals surface area contributed by atoms with Gasteiger partial charge < -0.3 is 19.9 Å². The molecule has 3 aromatic rings. The van der Waals surface area contributed by atoms with Crippen molar-refractivity contribution in [3.8, 4) is 5.75 Å². The van der Waals surface area contributed by atoms with Crippen LogP contribution in [0.4, 0.5) is 11.4 Å². The van der Waals surface area contributed by atoms with Crippen molar-refractivity contribution < 1.29 is 14.3 Å². The summed E-state index contributed by atoms with van der Waals surface area (Å²) in [4.78, 5) is 36.6. The first-order chi connectivity index (χ1) is 17.8. The monoisotopic (exact) mass is 503 g/mol. The molecule has 0 atom stereocenters. The molecule has 0 radical (unpaired) electrons. The normalized spacial score (nSPS) is 19.2. The maximum atomic E-state index is 13.2. The van der Waals surface area contributed by atoms with Crippen molar-refractivity contribution in [3.05, 3.63) is 47.9 Å². The van der Waals surface area contributed by atoms with E-state index in [2.05, 4.69) is 45.1 Å². The molecule has 6 rings (SSSR count). The molecule has 2 saturated heterocycles. The number of piperazine rings is 1. The van der Waals surface area contributed by atoms with Gasteiger partial charge in [-0.2, -0.15) is 5.10 Å². The summed E-state index contributed by atoms with van der Waals surface area (Å²) in [6.45, 7) is 9.48. The smallest absolute Gasteiger partial charge is 0.276 e. The second-order valence-corrected chi connectivity index (χ2v) is 10.8. The average molecular weight is 504 g/mol. The van der Waals surface area contributed by atoms with Crippen LogP contribution in [0.1, 0.15) is 42.7 Å². The molecule has 10 heteroatoms. The summed E-state index contributed by atoms with van der Waals surface area (Å²) in [5, 5.41) is 7.49. The van der Waals surface area contributed by atoms with E-state index in [9.17, 15) is 9.59 Å². The van der Waals surface area contributed by atoms with Crippen molar-refractivity contribution in [2.24, 2.45) is 0 Å². The van der Waals surface area contributed by atoms with Crippen LogP contribution in [0.25, 0.3) is 5.65 Å². The molecule has 37 heavy (non-hydrogen) atoms. The Morgan fingerprint density at radius 3 is 2.59 bits per heavy atom. The first-order valence-corrected chi connectivity index (χ1v) is 13.1. The summed E-state index contributed by atoms with van der Waals surface area (Å²) in [6.07, 6.45) is 6.44. The van der Waals surface area contributed by atoms with Gasteiger partial charge in [-0.3, -0.25) is 14.5 Å². The van der Waals surface area contributed by atoms with Gasteiger partial charge in [0.15, 0.2) is 11.3 Å². The summed E-state index contributed by atoms with van der Waals surface area (Å²) in [6, 6.07) is 7.55. The van der Waals surface area contributed by atoms with Crippen LogP contribution in [0, 0.1) is 0 Å². The number of likely N-dealkylation sites (tertiary alicyclic amines) is 1. The number of amides is 2. The number of fused-ring (bicyclic) bond motifs is 2. The van der Waals surface area contributed by atoms with Crippen LogP contribution in [0.3, 0.4) is 0 Å². The highest BCUT2D eigenvalue weighted by Crippen LogP contribution is 2.42. The number of nitrogens with zero attached hydrogens (tertiary/aromatic N) is 6. The van der Waals surface area contributed by atoms with E-state index in [0.29, 0.717) is 17.9 Å². The zero-order chi connectivity index (χ0) is 25.6. The summed E-state index contributed by atoms with van der Waals surface area (Å²) in [5.74, 6) is 0.815. The molecule has 2 amide bonds. The van der Waals surface area contributed by atoms with Crippen molar-refractivity contribution in [1.82, 2.24) is 24.4 Å². The van der Waals surface area contributed by atoms with Gasteiger partial charge in [0, 0.05) is 75.8 Å². The number of rotatable bonds is 5. The highest BCUT2D eigenvalue weighted by Gasteiger charge is 2.33. The van der Waals surface area contributed by atoms with E-state index in [1.807, 2.05) is 11.0 Å². The Balaban J connectivity index is 1.21. The van der Waals surface area contributed by atoms with Crippen LogP contribution >= 0.6 is 0 Å². The Morgan fingerprint density at radius 1 is 1.05 bits per heavy atom. The van der Waals surface area contributed by atoms with Gasteiger partial charge in [-0.15, -0.1) is 0 Å². The zero-order valence-electron chi connectivity index (χ0n) is 21.4. The Bertz CT molecular complexity index is 1300. The maximum absolute atomic E-state index is 13.2. The zero-order valence-corrected chi connectivity index (χ0v) is 21.4. The van der Waals surface area contributed by atoms with Gasteiger partial charge in [-0.05, 0) is 38.8 Å². The third-order valence-corrected chi connectivity index (χ3v) is 7.43. The molecule has 2 aromatic heterocycles. The number of benzene rings is 1. The van der Waals surface area contributed by atoms with E-state index >= 15 is 0 Å². The van der Waals surface area contributed by atoms with Crippen LogP contribution in [-0.2, 0) is 11.2 Å². The van der Waals surface area contributed by atoms with E-state index in [0.717, 1.165) is 81.2 Å². The standard InChI is InChI=1S/C27H33N7O3/c1-27(2)17-19-14-20(29-26(36)21-15-24-28-6-5-9-34(24)30-21)22(16-23(19)37-27)32-12-10-31(11-13-32)18-25(35)33-7-3-4-8-33/h5-6,9,14-16H,3-4,7-8,10-13,17-18H2,1-2H3,(H,29,36). The van der Waals surface area contributed by atoms with Crippen LogP contribution in [0.2, 0.25) is 0 Å². The molecule has 0 unspecified atom stereocenters. The SMILES string of the molecule is CC1(C)Cc2cc(NC(=O)c3cc4ncccn4n3)c(N3CCN(CC(=O)N4CCCC4)CC3)cc2O1. The Morgan fingerprint density at radius 2 is 1.84 bits per heavy atom. The van der Waals surface area contributed by atoms with Crippen molar-refractivity contribution in [1.29, 1.82) is 0 Å².